The second-order valence-corrected chi connectivity index (χ2v) is 4.27. The number of imide groups is 1. The van der Waals surface area contributed by atoms with Gasteiger partial charge in [-0.05, 0) is 12.5 Å². The second kappa shape index (κ2) is 4.28. The molecule has 0 aromatic heterocycles. The number of rotatable bonds is 2. The highest BCUT2D eigenvalue weighted by Gasteiger charge is 2.35. The average Bonchev–Trinajstić information content (AvgIpc) is 2.63. The third-order valence-corrected chi connectivity index (χ3v) is 3.27. The van der Waals surface area contributed by atoms with Crippen LogP contribution < -0.4 is 10.6 Å². The van der Waals surface area contributed by atoms with Crippen LogP contribution in [0, 0.1) is 5.92 Å². The maximum atomic E-state index is 11.2. The molecule has 2 heterocycles. The summed E-state index contributed by atoms with van der Waals surface area (Å²) in [6, 6.07) is 0.338. The molecular formula is C10H17N3O2. The Morgan fingerprint density at radius 2 is 1.93 bits per heavy atom. The molecule has 5 nitrogen and oxygen atoms in total. The largest absolute Gasteiger partial charge is 0.315 e. The van der Waals surface area contributed by atoms with E-state index in [-0.39, 0.29) is 11.8 Å². The molecule has 2 aliphatic rings. The number of amides is 2. The van der Waals surface area contributed by atoms with Crippen LogP contribution in [0.15, 0.2) is 0 Å². The fraction of sp³-hybridized carbons (Fsp3) is 0.800. The standard InChI is InChI=1S/C10H17N3O2/c1-2-7-3-11-4-8(7)13-5-9(14)12-10(15)6-13/h7-8,11H,2-6H2,1H3,(H,12,14,15). The van der Waals surface area contributed by atoms with Crippen molar-refractivity contribution in [1.29, 1.82) is 0 Å². The minimum Gasteiger partial charge on any atom is -0.315 e. The molecule has 2 amide bonds. The third kappa shape index (κ3) is 2.18. The summed E-state index contributed by atoms with van der Waals surface area (Å²) >= 11 is 0. The van der Waals surface area contributed by atoms with Crippen LogP contribution in [-0.2, 0) is 9.59 Å². The lowest BCUT2D eigenvalue weighted by Crippen LogP contribution is -2.56. The average molecular weight is 211 g/mol. The Morgan fingerprint density at radius 3 is 2.53 bits per heavy atom. The van der Waals surface area contributed by atoms with E-state index in [1.807, 2.05) is 4.90 Å². The van der Waals surface area contributed by atoms with E-state index in [0.29, 0.717) is 25.0 Å². The molecule has 0 radical (unpaired) electrons. The van der Waals surface area contributed by atoms with Gasteiger partial charge in [-0.3, -0.25) is 19.8 Å². The molecule has 2 rings (SSSR count). The Labute approximate surface area is 89.2 Å². The predicted octanol–water partition coefficient (Wildman–Crippen LogP) is -1.06. The van der Waals surface area contributed by atoms with Gasteiger partial charge in [0.15, 0.2) is 0 Å². The summed E-state index contributed by atoms with van der Waals surface area (Å²) in [7, 11) is 0. The second-order valence-electron chi connectivity index (χ2n) is 4.27. The lowest BCUT2D eigenvalue weighted by Gasteiger charge is -2.33. The van der Waals surface area contributed by atoms with E-state index in [1.54, 1.807) is 0 Å². The van der Waals surface area contributed by atoms with Crippen LogP contribution >= 0.6 is 0 Å². The summed E-state index contributed by atoms with van der Waals surface area (Å²) in [5, 5.41) is 5.64. The van der Waals surface area contributed by atoms with Crippen molar-refractivity contribution in [3.8, 4) is 0 Å². The summed E-state index contributed by atoms with van der Waals surface area (Å²) in [5.41, 5.74) is 0. The normalized spacial score (nSPS) is 33.1. The van der Waals surface area contributed by atoms with E-state index in [4.69, 9.17) is 0 Å². The van der Waals surface area contributed by atoms with Crippen LogP contribution in [0.25, 0.3) is 0 Å². The fourth-order valence-electron chi connectivity index (χ4n) is 2.46. The molecule has 2 atom stereocenters. The predicted molar refractivity (Wildman–Crippen MR) is 55.2 cm³/mol. The Morgan fingerprint density at radius 1 is 1.27 bits per heavy atom. The van der Waals surface area contributed by atoms with Crippen molar-refractivity contribution < 1.29 is 9.59 Å². The summed E-state index contributed by atoms with van der Waals surface area (Å²) < 4.78 is 0. The molecule has 2 N–H and O–H groups in total. The molecule has 2 aliphatic heterocycles. The lowest BCUT2D eigenvalue weighted by molar-refractivity contribution is -0.137. The van der Waals surface area contributed by atoms with Crippen LogP contribution in [0.1, 0.15) is 13.3 Å². The maximum absolute atomic E-state index is 11.2. The van der Waals surface area contributed by atoms with Crippen molar-refractivity contribution in [2.75, 3.05) is 26.2 Å². The molecule has 2 unspecified atom stereocenters. The van der Waals surface area contributed by atoms with Gasteiger partial charge in [0, 0.05) is 12.6 Å². The van der Waals surface area contributed by atoms with Crippen LogP contribution in [-0.4, -0.2) is 48.9 Å². The van der Waals surface area contributed by atoms with Gasteiger partial charge in [0.05, 0.1) is 13.1 Å². The van der Waals surface area contributed by atoms with Gasteiger partial charge in [0.25, 0.3) is 0 Å². The van der Waals surface area contributed by atoms with Gasteiger partial charge in [-0.1, -0.05) is 13.3 Å². The Hall–Kier alpha value is -0.940. The smallest absolute Gasteiger partial charge is 0.240 e. The molecule has 0 saturated carbocycles. The molecule has 2 saturated heterocycles. The van der Waals surface area contributed by atoms with Crippen molar-refractivity contribution in [3.05, 3.63) is 0 Å². The van der Waals surface area contributed by atoms with Gasteiger partial charge in [-0.25, -0.2) is 0 Å². The summed E-state index contributed by atoms with van der Waals surface area (Å²) in [6.45, 7) is 4.74. The molecule has 0 aromatic carbocycles. The molecule has 2 fully saturated rings. The van der Waals surface area contributed by atoms with Crippen LogP contribution in [0.3, 0.4) is 0 Å². The molecule has 0 aliphatic carbocycles. The van der Waals surface area contributed by atoms with Crippen molar-refractivity contribution in [2.24, 2.45) is 5.92 Å². The van der Waals surface area contributed by atoms with E-state index < -0.39 is 0 Å². The Balaban J connectivity index is 2.02. The molecule has 0 aromatic rings. The van der Waals surface area contributed by atoms with Crippen molar-refractivity contribution in [3.63, 3.8) is 0 Å². The van der Waals surface area contributed by atoms with Gasteiger partial charge in [0.1, 0.15) is 0 Å². The SMILES string of the molecule is CCC1CNCC1N1CC(=O)NC(=O)C1. The zero-order valence-corrected chi connectivity index (χ0v) is 8.95. The number of hydrogen-bond donors (Lipinski definition) is 2. The Kier molecular flexibility index (Phi) is 3.02. The van der Waals surface area contributed by atoms with E-state index in [1.165, 1.54) is 0 Å². The third-order valence-electron chi connectivity index (χ3n) is 3.27. The fourth-order valence-corrected chi connectivity index (χ4v) is 2.46. The molecule has 84 valence electrons. The van der Waals surface area contributed by atoms with Gasteiger partial charge < -0.3 is 5.32 Å². The van der Waals surface area contributed by atoms with Crippen molar-refractivity contribution in [2.45, 2.75) is 19.4 Å². The first kappa shape index (κ1) is 10.6. The van der Waals surface area contributed by atoms with E-state index in [2.05, 4.69) is 17.6 Å². The first-order valence-corrected chi connectivity index (χ1v) is 5.48. The van der Waals surface area contributed by atoms with E-state index in [0.717, 1.165) is 19.5 Å². The monoisotopic (exact) mass is 211 g/mol. The topological polar surface area (TPSA) is 61.4 Å². The number of hydrogen-bond acceptors (Lipinski definition) is 4. The quantitative estimate of drug-likeness (QED) is 0.572. The molecule has 0 bridgehead atoms. The maximum Gasteiger partial charge on any atom is 0.240 e. The number of carbonyl (C=O) groups excluding carboxylic acids is 2. The highest BCUT2D eigenvalue weighted by molar-refractivity contribution is 5.99. The molecular weight excluding hydrogens is 194 g/mol. The molecule has 0 spiro atoms. The van der Waals surface area contributed by atoms with Crippen molar-refractivity contribution in [1.82, 2.24) is 15.5 Å². The minimum atomic E-state index is -0.173. The van der Waals surface area contributed by atoms with E-state index in [9.17, 15) is 9.59 Å². The van der Waals surface area contributed by atoms with Crippen LogP contribution in [0.4, 0.5) is 0 Å². The number of piperazine rings is 1. The number of carbonyl (C=O) groups is 2. The highest BCUT2D eigenvalue weighted by Crippen LogP contribution is 2.19. The van der Waals surface area contributed by atoms with Crippen LogP contribution in [0.2, 0.25) is 0 Å². The lowest BCUT2D eigenvalue weighted by atomic mass is 9.99. The van der Waals surface area contributed by atoms with Gasteiger partial charge in [0.2, 0.25) is 11.8 Å². The van der Waals surface area contributed by atoms with E-state index >= 15 is 0 Å². The first-order valence-electron chi connectivity index (χ1n) is 5.48. The summed E-state index contributed by atoms with van der Waals surface area (Å²) in [4.78, 5) is 24.5. The first-order chi connectivity index (χ1) is 7.20. The number of nitrogens with zero attached hydrogens (tertiary/aromatic N) is 1. The van der Waals surface area contributed by atoms with Crippen molar-refractivity contribution >= 4 is 11.8 Å². The summed E-state index contributed by atoms with van der Waals surface area (Å²) in [6.07, 6.45) is 1.09. The van der Waals surface area contributed by atoms with Gasteiger partial charge in [-0.2, -0.15) is 0 Å². The zero-order chi connectivity index (χ0) is 10.8. The van der Waals surface area contributed by atoms with Gasteiger partial charge in [-0.15, -0.1) is 0 Å². The minimum absolute atomic E-state index is 0.173. The van der Waals surface area contributed by atoms with Gasteiger partial charge >= 0.3 is 0 Å². The zero-order valence-electron chi connectivity index (χ0n) is 8.95. The van der Waals surface area contributed by atoms with Crippen LogP contribution in [0.5, 0.6) is 0 Å². The summed E-state index contributed by atoms with van der Waals surface area (Å²) in [5.74, 6) is 0.213. The molecule has 15 heavy (non-hydrogen) atoms. The number of nitrogens with one attached hydrogen (secondary N) is 2. The molecule has 5 heteroatoms. The Bertz CT molecular complexity index is 264. The highest BCUT2D eigenvalue weighted by atomic mass is 16.2.